The van der Waals surface area contributed by atoms with Crippen molar-refractivity contribution in [3.8, 4) is 0 Å². The molecule has 0 atom stereocenters. The van der Waals surface area contributed by atoms with Gasteiger partial charge >= 0.3 is 24.0 Å². The van der Waals surface area contributed by atoms with Gasteiger partial charge in [-0.2, -0.15) is 26.3 Å². The second kappa shape index (κ2) is 8.35. The molecule has 1 N–H and O–H groups in total. The van der Waals surface area contributed by atoms with E-state index >= 15 is 0 Å². The van der Waals surface area contributed by atoms with E-state index in [9.17, 15) is 35.9 Å². The van der Waals surface area contributed by atoms with Crippen molar-refractivity contribution < 1.29 is 45.8 Å². The molecule has 0 aromatic carbocycles. The number of hydrogen-bond donors (Lipinski definition) is 1. The number of halogens is 7. The van der Waals surface area contributed by atoms with Gasteiger partial charge in [-0.25, -0.2) is 0 Å². The number of alkyl halides is 7. The Labute approximate surface area is 141 Å². The van der Waals surface area contributed by atoms with Gasteiger partial charge < -0.3 is 9.84 Å². The predicted molar refractivity (Wildman–Crippen MR) is 73.9 cm³/mol. The summed E-state index contributed by atoms with van der Waals surface area (Å²) in [6, 6.07) is 0. The van der Waals surface area contributed by atoms with E-state index < -0.39 is 54.4 Å². The lowest BCUT2D eigenvalue weighted by Gasteiger charge is -2.44. The molecule has 0 radical (unpaired) electrons. The van der Waals surface area contributed by atoms with Gasteiger partial charge in [0.25, 0.3) is 0 Å². The largest absolute Gasteiger partial charge is 0.480 e. The van der Waals surface area contributed by atoms with Gasteiger partial charge in [0.1, 0.15) is 6.54 Å². The average molecular weight is 465 g/mol. The van der Waals surface area contributed by atoms with Crippen LogP contribution in [0.2, 0.25) is 0 Å². The van der Waals surface area contributed by atoms with Crippen LogP contribution in [0.1, 0.15) is 19.8 Å². The molecule has 0 rings (SSSR count). The molecule has 12 heteroatoms. The van der Waals surface area contributed by atoms with Crippen LogP contribution in [-0.2, 0) is 14.3 Å². The van der Waals surface area contributed by atoms with Gasteiger partial charge in [0.05, 0.1) is 6.61 Å². The fourth-order valence-corrected chi connectivity index (χ4v) is 2.00. The van der Waals surface area contributed by atoms with Crippen LogP contribution in [0, 0.1) is 0 Å². The lowest BCUT2D eigenvalue weighted by molar-refractivity contribution is -0.420. The van der Waals surface area contributed by atoms with Gasteiger partial charge in [-0.15, -0.1) is 0 Å². The van der Waals surface area contributed by atoms with Gasteiger partial charge in [-0.1, -0.05) is 29.5 Å². The van der Waals surface area contributed by atoms with E-state index in [0.29, 0.717) is 0 Å². The summed E-state index contributed by atoms with van der Waals surface area (Å²) < 4.78 is 83.9. The number of rotatable bonds is 8. The topological polar surface area (TPSA) is 66.8 Å². The van der Waals surface area contributed by atoms with Gasteiger partial charge in [0.15, 0.2) is 0 Å². The summed E-state index contributed by atoms with van der Waals surface area (Å²) in [7, 11) is 0. The van der Waals surface area contributed by atoms with E-state index in [2.05, 4.69) is 4.74 Å². The van der Waals surface area contributed by atoms with Gasteiger partial charge in [0, 0.05) is 10.8 Å². The van der Waals surface area contributed by atoms with Crippen molar-refractivity contribution in [2.45, 2.75) is 37.8 Å². The maximum absolute atomic E-state index is 13.3. The van der Waals surface area contributed by atoms with Crippen LogP contribution in [0.4, 0.5) is 26.3 Å². The van der Waals surface area contributed by atoms with Crippen LogP contribution in [0.3, 0.4) is 0 Å². The molecule has 0 saturated carbocycles. The second-order valence-electron chi connectivity index (χ2n) is 4.26. The number of carboxylic acid groups (broad SMARTS) is 1. The van der Waals surface area contributed by atoms with Crippen molar-refractivity contribution in [2.24, 2.45) is 0 Å². The third kappa shape index (κ3) is 5.09. The maximum atomic E-state index is 13.3. The fraction of sp³-hybridized carbons (Fsp3) is 0.818. The quantitative estimate of drug-likeness (QED) is 0.197. The Balaban J connectivity index is 6.21. The van der Waals surface area contributed by atoms with E-state index in [1.807, 2.05) is 0 Å². The molecular weight excluding hydrogens is 451 g/mol. The van der Waals surface area contributed by atoms with Gasteiger partial charge in [-0.3, -0.25) is 14.5 Å². The van der Waals surface area contributed by atoms with Crippen molar-refractivity contribution in [1.82, 2.24) is 4.90 Å². The summed E-state index contributed by atoms with van der Waals surface area (Å²) in [5.74, 6) is -3.67. The Morgan fingerprint density at radius 1 is 1.13 bits per heavy atom. The molecule has 0 fully saturated rings. The van der Waals surface area contributed by atoms with Gasteiger partial charge in [0.2, 0.25) is 5.91 Å². The molecule has 0 aromatic rings. The molecule has 0 heterocycles. The van der Waals surface area contributed by atoms with Gasteiger partial charge in [-0.05, 0) is 6.42 Å². The first kappa shape index (κ1) is 22.2. The molecule has 0 unspecified atom stereocenters. The molecule has 136 valence electrons. The number of amides is 1. The highest BCUT2D eigenvalue weighted by Crippen LogP contribution is 2.48. The summed E-state index contributed by atoms with van der Waals surface area (Å²) in [5.41, 5.74) is -5.00. The Hall–Kier alpha value is -0.790. The van der Waals surface area contributed by atoms with Crippen LogP contribution >= 0.6 is 22.6 Å². The molecule has 0 aliphatic rings. The number of carbonyl (C=O) groups is 2. The molecule has 23 heavy (non-hydrogen) atoms. The predicted octanol–water partition coefficient (Wildman–Crippen LogP) is 2.97. The number of aliphatic carboxylic acids is 1. The van der Waals surface area contributed by atoms with E-state index in [4.69, 9.17) is 5.11 Å². The number of ether oxygens (including phenoxy) is 1. The first-order valence-electron chi connectivity index (χ1n) is 6.20. The highest BCUT2D eigenvalue weighted by atomic mass is 127. The van der Waals surface area contributed by atoms with E-state index in [1.165, 1.54) is 0 Å². The average Bonchev–Trinajstić information content (AvgIpc) is 2.37. The minimum atomic E-state index is -6.07. The Kier molecular flexibility index (Phi) is 8.06. The minimum absolute atomic E-state index is 0.143. The zero-order valence-corrected chi connectivity index (χ0v) is 14.0. The molecule has 5 nitrogen and oxygen atoms in total. The van der Waals surface area contributed by atoms with Crippen LogP contribution in [0.5, 0.6) is 0 Å². The maximum Gasteiger partial charge on any atom is 0.446 e. The summed E-state index contributed by atoms with van der Waals surface area (Å²) in [6.45, 7) is -1.73. The standard InChI is InChI=1S/C11H14F6INO4/c1-2-7(20)19(6-8(21)22)9(10(12,13)14,11(15,16)17)23-5-3-4-18/h2-6H2,1H3,(H,21,22). The van der Waals surface area contributed by atoms with Crippen LogP contribution < -0.4 is 0 Å². The molecular formula is C11H14F6INO4. The monoisotopic (exact) mass is 465 g/mol. The Bertz CT molecular complexity index is 412. The third-order valence-corrected chi connectivity index (χ3v) is 3.40. The van der Waals surface area contributed by atoms with Crippen LogP contribution in [0.15, 0.2) is 0 Å². The highest BCUT2D eigenvalue weighted by Gasteiger charge is 2.77. The lowest BCUT2D eigenvalue weighted by atomic mass is 10.1. The molecule has 0 bridgehead atoms. The summed E-state index contributed by atoms with van der Waals surface area (Å²) >= 11 is 1.72. The first-order valence-corrected chi connectivity index (χ1v) is 7.73. The van der Waals surface area contributed by atoms with Crippen LogP contribution in [-0.4, -0.2) is 57.5 Å². The van der Waals surface area contributed by atoms with Crippen molar-refractivity contribution in [3.63, 3.8) is 0 Å². The second-order valence-corrected chi connectivity index (χ2v) is 5.34. The SMILES string of the molecule is CCC(=O)N(CC(=O)O)C(OCCCI)(C(F)(F)F)C(F)(F)F. The molecule has 0 saturated heterocycles. The Morgan fingerprint density at radius 3 is 1.91 bits per heavy atom. The van der Waals surface area contributed by atoms with E-state index in [0.717, 1.165) is 6.92 Å². The zero-order chi connectivity index (χ0) is 18.5. The third-order valence-electron chi connectivity index (χ3n) is 2.63. The molecule has 0 aliphatic heterocycles. The molecule has 1 amide bonds. The van der Waals surface area contributed by atoms with E-state index in [-0.39, 0.29) is 10.8 Å². The molecule has 0 spiro atoms. The van der Waals surface area contributed by atoms with Crippen molar-refractivity contribution in [2.75, 3.05) is 17.6 Å². The smallest absolute Gasteiger partial charge is 0.446 e. The number of nitrogens with zero attached hydrogens (tertiary/aromatic N) is 1. The van der Waals surface area contributed by atoms with Crippen molar-refractivity contribution in [1.29, 1.82) is 0 Å². The number of carboxylic acids is 1. The molecule has 0 aliphatic carbocycles. The summed E-state index contributed by atoms with van der Waals surface area (Å²) in [6.07, 6.45) is -13.0. The normalized spacial score (nSPS) is 13.0. The van der Waals surface area contributed by atoms with Crippen LogP contribution in [0.25, 0.3) is 0 Å². The molecule has 0 aromatic heterocycles. The summed E-state index contributed by atoms with van der Waals surface area (Å²) in [4.78, 5) is 21.5. The Morgan fingerprint density at radius 2 is 1.61 bits per heavy atom. The fourth-order valence-electron chi connectivity index (χ4n) is 1.68. The van der Waals surface area contributed by atoms with Crippen molar-refractivity contribution >= 4 is 34.5 Å². The number of carbonyl (C=O) groups excluding carboxylic acids is 1. The first-order chi connectivity index (χ1) is 10.3. The van der Waals surface area contributed by atoms with Crippen molar-refractivity contribution in [3.05, 3.63) is 0 Å². The highest BCUT2D eigenvalue weighted by molar-refractivity contribution is 14.1. The van der Waals surface area contributed by atoms with E-state index in [1.54, 1.807) is 22.6 Å². The minimum Gasteiger partial charge on any atom is -0.480 e. The number of hydrogen-bond acceptors (Lipinski definition) is 3. The zero-order valence-electron chi connectivity index (χ0n) is 11.8. The lowest BCUT2D eigenvalue weighted by Crippen LogP contribution is -2.71. The summed E-state index contributed by atoms with van der Waals surface area (Å²) in [5, 5.41) is 8.61.